The molecule has 0 radical (unpaired) electrons. The first-order valence-corrected chi connectivity index (χ1v) is 5.37. The monoisotopic (exact) mass is 257 g/mol. The van der Waals surface area contributed by atoms with Crippen LogP contribution < -0.4 is 0 Å². The molecule has 76 valence electrons. The molecule has 1 aromatic heterocycles. The summed E-state index contributed by atoms with van der Waals surface area (Å²) < 4.78 is 0. The lowest BCUT2D eigenvalue weighted by Gasteiger charge is -2.04. The summed E-state index contributed by atoms with van der Waals surface area (Å²) in [6.45, 7) is 0. The number of rotatable bonds is 1. The summed E-state index contributed by atoms with van der Waals surface area (Å²) in [5.74, 6) is 0. The summed E-state index contributed by atoms with van der Waals surface area (Å²) in [7, 11) is 0. The van der Waals surface area contributed by atoms with Crippen molar-refractivity contribution in [3.8, 4) is 11.1 Å². The maximum Gasteiger partial charge on any atom is 0.136 e. The zero-order valence-corrected chi connectivity index (χ0v) is 9.81. The number of nitrogens with zero attached hydrogens (tertiary/aromatic N) is 1. The fraction of sp³-hybridized carbons (Fsp3) is 0. The van der Waals surface area contributed by atoms with Gasteiger partial charge >= 0.3 is 0 Å². The minimum Gasteiger partial charge on any atom is -0.244 e. The third kappa shape index (κ3) is 2.43. The van der Waals surface area contributed by atoms with Crippen molar-refractivity contribution in [2.75, 3.05) is 0 Å². The summed E-state index contributed by atoms with van der Waals surface area (Å²) in [6.07, 6.45) is 1.64. The SMILES string of the molecule is Clc1cc(Cl)cc(-c2cccnc2Cl)c1. The standard InChI is InChI=1S/C11H6Cl3N/c12-8-4-7(5-9(13)6-8)10-2-1-3-15-11(10)14/h1-6H. The van der Waals surface area contributed by atoms with Crippen LogP contribution in [0.15, 0.2) is 36.5 Å². The molecule has 0 spiro atoms. The first-order valence-electron chi connectivity index (χ1n) is 4.24. The smallest absolute Gasteiger partial charge is 0.136 e. The van der Waals surface area contributed by atoms with Gasteiger partial charge < -0.3 is 0 Å². The molecule has 4 heteroatoms. The van der Waals surface area contributed by atoms with Crippen LogP contribution >= 0.6 is 34.8 Å². The van der Waals surface area contributed by atoms with E-state index in [1.54, 1.807) is 24.4 Å². The second-order valence-corrected chi connectivity index (χ2v) is 4.23. The molecule has 0 aliphatic rings. The molecule has 1 heterocycles. The third-order valence-corrected chi connectivity index (χ3v) is 2.67. The summed E-state index contributed by atoms with van der Waals surface area (Å²) in [6, 6.07) is 8.97. The van der Waals surface area contributed by atoms with Crippen molar-refractivity contribution in [3.05, 3.63) is 51.7 Å². The molecule has 2 aromatic rings. The van der Waals surface area contributed by atoms with Crippen LogP contribution in [0, 0.1) is 0 Å². The quantitative estimate of drug-likeness (QED) is 0.675. The zero-order chi connectivity index (χ0) is 10.8. The number of benzene rings is 1. The predicted octanol–water partition coefficient (Wildman–Crippen LogP) is 4.71. The Hall–Kier alpha value is -0.760. The Morgan fingerprint density at radius 3 is 2.20 bits per heavy atom. The van der Waals surface area contributed by atoms with E-state index in [0.29, 0.717) is 15.2 Å². The van der Waals surface area contributed by atoms with Gasteiger partial charge in [-0.3, -0.25) is 0 Å². The lowest BCUT2D eigenvalue weighted by atomic mass is 10.1. The molecule has 0 aliphatic carbocycles. The second kappa shape index (κ2) is 4.40. The molecule has 2 rings (SSSR count). The van der Waals surface area contributed by atoms with Gasteiger partial charge in [0.15, 0.2) is 0 Å². The molecular weight excluding hydrogens is 252 g/mol. The van der Waals surface area contributed by atoms with Crippen LogP contribution in [0.1, 0.15) is 0 Å². The van der Waals surface area contributed by atoms with Crippen molar-refractivity contribution in [2.45, 2.75) is 0 Å². The predicted molar refractivity (Wildman–Crippen MR) is 64.7 cm³/mol. The highest BCUT2D eigenvalue weighted by atomic mass is 35.5. The molecule has 0 N–H and O–H groups in total. The van der Waals surface area contributed by atoms with E-state index in [-0.39, 0.29) is 0 Å². The first kappa shape index (κ1) is 10.7. The van der Waals surface area contributed by atoms with Crippen LogP contribution in [-0.2, 0) is 0 Å². The molecule has 0 unspecified atom stereocenters. The summed E-state index contributed by atoms with van der Waals surface area (Å²) >= 11 is 17.8. The van der Waals surface area contributed by atoms with Gasteiger partial charge in [0.2, 0.25) is 0 Å². The van der Waals surface area contributed by atoms with Gasteiger partial charge in [0, 0.05) is 21.8 Å². The second-order valence-electron chi connectivity index (χ2n) is 3.00. The highest BCUT2D eigenvalue weighted by Gasteiger charge is 2.05. The summed E-state index contributed by atoms with van der Waals surface area (Å²) in [5, 5.41) is 1.60. The number of hydrogen-bond donors (Lipinski definition) is 0. The molecule has 0 bridgehead atoms. The first-order chi connectivity index (χ1) is 7.16. The minimum absolute atomic E-state index is 0.441. The van der Waals surface area contributed by atoms with E-state index in [9.17, 15) is 0 Å². The van der Waals surface area contributed by atoms with Gasteiger partial charge in [-0.05, 0) is 35.9 Å². The van der Waals surface area contributed by atoms with Crippen LogP contribution in [0.3, 0.4) is 0 Å². The Kier molecular flexibility index (Phi) is 3.15. The van der Waals surface area contributed by atoms with Gasteiger partial charge in [-0.1, -0.05) is 34.8 Å². The molecule has 0 aliphatic heterocycles. The topological polar surface area (TPSA) is 12.9 Å². The Labute approximate surface area is 103 Å². The van der Waals surface area contributed by atoms with Gasteiger partial charge in [-0.2, -0.15) is 0 Å². The molecule has 1 aromatic carbocycles. The lowest BCUT2D eigenvalue weighted by molar-refractivity contribution is 1.33. The third-order valence-electron chi connectivity index (χ3n) is 1.93. The van der Waals surface area contributed by atoms with Gasteiger partial charge in [-0.15, -0.1) is 0 Å². The highest BCUT2D eigenvalue weighted by molar-refractivity contribution is 6.35. The molecule has 0 atom stereocenters. The lowest BCUT2D eigenvalue weighted by Crippen LogP contribution is -1.82. The maximum atomic E-state index is 5.97. The van der Waals surface area contributed by atoms with Crippen molar-refractivity contribution < 1.29 is 0 Å². The van der Waals surface area contributed by atoms with E-state index in [0.717, 1.165) is 11.1 Å². The Morgan fingerprint density at radius 1 is 0.933 bits per heavy atom. The van der Waals surface area contributed by atoms with E-state index in [4.69, 9.17) is 34.8 Å². The summed E-state index contributed by atoms with van der Waals surface area (Å²) in [4.78, 5) is 3.99. The Bertz CT molecular complexity index is 477. The fourth-order valence-corrected chi connectivity index (χ4v) is 2.07. The number of hydrogen-bond acceptors (Lipinski definition) is 1. The van der Waals surface area contributed by atoms with Gasteiger partial charge in [0.1, 0.15) is 5.15 Å². The molecule has 1 nitrogen and oxygen atoms in total. The Morgan fingerprint density at radius 2 is 1.60 bits per heavy atom. The van der Waals surface area contributed by atoms with Crippen LogP contribution in [0.5, 0.6) is 0 Å². The molecule has 0 fully saturated rings. The van der Waals surface area contributed by atoms with E-state index >= 15 is 0 Å². The van der Waals surface area contributed by atoms with E-state index in [2.05, 4.69) is 4.98 Å². The van der Waals surface area contributed by atoms with E-state index < -0.39 is 0 Å². The van der Waals surface area contributed by atoms with Crippen molar-refractivity contribution in [2.24, 2.45) is 0 Å². The van der Waals surface area contributed by atoms with Gasteiger partial charge in [-0.25, -0.2) is 4.98 Å². The molecule has 15 heavy (non-hydrogen) atoms. The van der Waals surface area contributed by atoms with E-state index in [1.165, 1.54) is 0 Å². The highest BCUT2D eigenvalue weighted by Crippen LogP contribution is 2.30. The van der Waals surface area contributed by atoms with Crippen molar-refractivity contribution in [1.29, 1.82) is 0 Å². The molecule has 0 amide bonds. The average Bonchev–Trinajstić information content (AvgIpc) is 2.16. The van der Waals surface area contributed by atoms with Gasteiger partial charge in [0.05, 0.1) is 0 Å². The maximum absolute atomic E-state index is 5.97. The molecule has 0 saturated carbocycles. The van der Waals surface area contributed by atoms with Crippen molar-refractivity contribution in [3.63, 3.8) is 0 Å². The normalized spacial score (nSPS) is 10.3. The number of aromatic nitrogens is 1. The fourth-order valence-electron chi connectivity index (χ4n) is 1.31. The van der Waals surface area contributed by atoms with Crippen molar-refractivity contribution >= 4 is 34.8 Å². The zero-order valence-electron chi connectivity index (χ0n) is 7.55. The van der Waals surface area contributed by atoms with Gasteiger partial charge in [0.25, 0.3) is 0 Å². The molecule has 0 saturated heterocycles. The largest absolute Gasteiger partial charge is 0.244 e. The number of pyridine rings is 1. The minimum atomic E-state index is 0.441. The van der Waals surface area contributed by atoms with Crippen LogP contribution in [-0.4, -0.2) is 4.98 Å². The Balaban J connectivity index is 2.59. The average molecular weight is 259 g/mol. The molecular formula is C11H6Cl3N. The van der Waals surface area contributed by atoms with E-state index in [1.807, 2.05) is 12.1 Å². The number of halogens is 3. The van der Waals surface area contributed by atoms with Crippen LogP contribution in [0.25, 0.3) is 11.1 Å². The van der Waals surface area contributed by atoms with Crippen LogP contribution in [0.4, 0.5) is 0 Å². The van der Waals surface area contributed by atoms with Crippen LogP contribution in [0.2, 0.25) is 15.2 Å². The summed E-state index contributed by atoms with van der Waals surface area (Å²) in [5.41, 5.74) is 1.69. The van der Waals surface area contributed by atoms with Crippen molar-refractivity contribution in [1.82, 2.24) is 4.98 Å².